The van der Waals surface area contributed by atoms with Crippen molar-refractivity contribution in [2.75, 3.05) is 26.3 Å². The van der Waals surface area contributed by atoms with Crippen LogP contribution in [-0.4, -0.2) is 59.6 Å². The maximum atomic E-state index is 12.5. The topological polar surface area (TPSA) is 95.9 Å². The minimum Gasteiger partial charge on any atom is -0.479 e. The molecule has 0 saturated carbocycles. The van der Waals surface area contributed by atoms with Gasteiger partial charge in [-0.3, -0.25) is 9.59 Å². The number of likely N-dealkylation sites (tertiary alicyclic amines) is 1. The molecule has 2 saturated heterocycles. The van der Waals surface area contributed by atoms with Gasteiger partial charge in [-0.2, -0.15) is 0 Å². The van der Waals surface area contributed by atoms with Crippen molar-refractivity contribution in [3.05, 3.63) is 35.9 Å². The predicted molar refractivity (Wildman–Crippen MR) is 98.0 cm³/mol. The van der Waals surface area contributed by atoms with E-state index in [9.17, 15) is 19.5 Å². The number of aryl methyl sites for hydroxylation is 1. The Hall–Kier alpha value is -2.41. The molecule has 2 heterocycles. The summed E-state index contributed by atoms with van der Waals surface area (Å²) in [5.74, 6) is -1.47. The van der Waals surface area contributed by atoms with Gasteiger partial charge in [-0.15, -0.1) is 0 Å². The van der Waals surface area contributed by atoms with Gasteiger partial charge in [-0.1, -0.05) is 30.3 Å². The molecule has 2 amide bonds. The second-order valence-corrected chi connectivity index (χ2v) is 7.32. The summed E-state index contributed by atoms with van der Waals surface area (Å²) in [6.45, 7) is 1.40. The van der Waals surface area contributed by atoms with Crippen molar-refractivity contribution in [2.45, 2.75) is 37.6 Å². The first-order valence-electron chi connectivity index (χ1n) is 9.45. The SMILES string of the molecule is O=C(NC1(C(=O)O)CCOC1)C1CCN(C(=O)CCc2ccccc2)CC1. The van der Waals surface area contributed by atoms with Crippen molar-refractivity contribution in [3.8, 4) is 0 Å². The van der Waals surface area contributed by atoms with Crippen LogP contribution in [0.1, 0.15) is 31.2 Å². The molecule has 1 aromatic rings. The van der Waals surface area contributed by atoms with Crippen LogP contribution in [0.4, 0.5) is 0 Å². The van der Waals surface area contributed by atoms with Crippen molar-refractivity contribution in [1.29, 1.82) is 0 Å². The lowest BCUT2D eigenvalue weighted by molar-refractivity contribution is -0.148. The number of hydrogen-bond acceptors (Lipinski definition) is 4. The number of amides is 2. The van der Waals surface area contributed by atoms with Gasteiger partial charge < -0.3 is 20.1 Å². The van der Waals surface area contributed by atoms with Crippen molar-refractivity contribution in [1.82, 2.24) is 10.2 Å². The molecule has 7 nitrogen and oxygen atoms in total. The number of carbonyl (C=O) groups is 3. The number of piperidine rings is 1. The summed E-state index contributed by atoms with van der Waals surface area (Å²) in [6, 6.07) is 9.89. The van der Waals surface area contributed by atoms with Gasteiger partial charge in [0.2, 0.25) is 11.8 Å². The van der Waals surface area contributed by atoms with Crippen molar-refractivity contribution < 1.29 is 24.2 Å². The summed E-state index contributed by atoms with van der Waals surface area (Å²) in [6.07, 6.45) is 2.56. The second-order valence-electron chi connectivity index (χ2n) is 7.32. The summed E-state index contributed by atoms with van der Waals surface area (Å²) in [4.78, 5) is 38.2. The molecule has 2 fully saturated rings. The van der Waals surface area contributed by atoms with Crippen LogP contribution in [0.15, 0.2) is 30.3 Å². The molecule has 3 rings (SSSR count). The van der Waals surface area contributed by atoms with Gasteiger partial charge in [0.1, 0.15) is 0 Å². The summed E-state index contributed by atoms with van der Waals surface area (Å²) in [5.41, 5.74) is -0.169. The number of nitrogens with zero attached hydrogens (tertiary/aromatic N) is 1. The van der Waals surface area contributed by atoms with E-state index in [4.69, 9.17) is 4.74 Å². The van der Waals surface area contributed by atoms with Crippen LogP contribution in [0.25, 0.3) is 0 Å². The van der Waals surface area contributed by atoms with Crippen LogP contribution < -0.4 is 5.32 Å². The average molecular weight is 374 g/mol. The molecule has 7 heteroatoms. The Labute approximate surface area is 158 Å². The number of aliphatic carboxylic acids is 1. The molecule has 0 bridgehead atoms. The first-order valence-corrected chi connectivity index (χ1v) is 9.45. The van der Waals surface area contributed by atoms with Crippen molar-refractivity contribution >= 4 is 17.8 Å². The third-order valence-electron chi connectivity index (χ3n) is 5.48. The number of carbonyl (C=O) groups excluding carboxylic acids is 2. The van der Waals surface area contributed by atoms with E-state index in [1.54, 1.807) is 4.90 Å². The lowest BCUT2D eigenvalue weighted by Gasteiger charge is -2.33. The van der Waals surface area contributed by atoms with E-state index in [2.05, 4.69) is 5.32 Å². The van der Waals surface area contributed by atoms with E-state index in [1.165, 1.54) is 0 Å². The van der Waals surface area contributed by atoms with Crippen LogP contribution in [0.3, 0.4) is 0 Å². The minimum atomic E-state index is -1.31. The van der Waals surface area contributed by atoms with Crippen LogP contribution in [0.5, 0.6) is 0 Å². The lowest BCUT2D eigenvalue weighted by Crippen LogP contribution is -2.57. The standard InChI is InChI=1S/C20H26N2O5/c23-17(7-6-15-4-2-1-3-5-15)22-11-8-16(9-12-22)18(24)21-20(19(25)26)10-13-27-14-20/h1-5,16H,6-14H2,(H,21,24)(H,25,26). The number of benzene rings is 1. The molecule has 2 aliphatic heterocycles. The van der Waals surface area contributed by atoms with Gasteiger partial charge in [0, 0.05) is 38.5 Å². The molecule has 0 radical (unpaired) electrons. The highest BCUT2D eigenvalue weighted by Gasteiger charge is 2.45. The van der Waals surface area contributed by atoms with Gasteiger partial charge in [0.05, 0.1) is 6.61 Å². The fraction of sp³-hybridized carbons (Fsp3) is 0.550. The summed E-state index contributed by atoms with van der Waals surface area (Å²) in [5, 5.41) is 12.1. The van der Waals surface area contributed by atoms with Crippen LogP contribution in [0, 0.1) is 5.92 Å². The number of ether oxygens (including phenoxy) is 1. The van der Waals surface area contributed by atoms with E-state index in [0.29, 0.717) is 45.4 Å². The fourth-order valence-electron chi connectivity index (χ4n) is 3.67. The zero-order valence-corrected chi connectivity index (χ0v) is 15.4. The van der Waals surface area contributed by atoms with E-state index >= 15 is 0 Å². The number of nitrogens with one attached hydrogen (secondary N) is 1. The minimum absolute atomic E-state index is 0.00485. The molecule has 27 heavy (non-hydrogen) atoms. The third kappa shape index (κ3) is 4.66. The highest BCUT2D eigenvalue weighted by molar-refractivity contribution is 5.88. The normalized spacial score (nSPS) is 23.2. The number of hydrogen-bond donors (Lipinski definition) is 2. The van der Waals surface area contributed by atoms with E-state index in [1.807, 2.05) is 30.3 Å². The predicted octanol–water partition coefficient (Wildman–Crippen LogP) is 1.22. The molecule has 0 aromatic heterocycles. The van der Waals surface area contributed by atoms with Crippen LogP contribution in [0.2, 0.25) is 0 Å². The molecule has 2 aliphatic rings. The fourth-order valence-corrected chi connectivity index (χ4v) is 3.67. The molecule has 1 unspecified atom stereocenters. The zero-order valence-electron chi connectivity index (χ0n) is 15.4. The molecule has 0 aliphatic carbocycles. The van der Waals surface area contributed by atoms with Gasteiger partial charge in [0.15, 0.2) is 5.54 Å². The maximum Gasteiger partial charge on any atom is 0.331 e. The Morgan fingerprint density at radius 2 is 1.89 bits per heavy atom. The number of carboxylic acids is 1. The highest BCUT2D eigenvalue weighted by atomic mass is 16.5. The molecule has 1 aromatic carbocycles. The average Bonchev–Trinajstić information content (AvgIpc) is 3.17. The first kappa shape index (κ1) is 19.4. The van der Waals surface area contributed by atoms with Gasteiger partial charge >= 0.3 is 5.97 Å². The Morgan fingerprint density at radius 1 is 1.19 bits per heavy atom. The summed E-state index contributed by atoms with van der Waals surface area (Å²) in [7, 11) is 0. The number of carboxylic acid groups (broad SMARTS) is 1. The first-order chi connectivity index (χ1) is 13.0. The smallest absolute Gasteiger partial charge is 0.331 e. The molecule has 146 valence electrons. The lowest BCUT2D eigenvalue weighted by atomic mass is 9.92. The highest BCUT2D eigenvalue weighted by Crippen LogP contribution is 2.23. The van der Waals surface area contributed by atoms with Crippen molar-refractivity contribution in [3.63, 3.8) is 0 Å². The third-order valence-corrected chi connectivity index (χ3v) is 5.48. The van der Waals surface area contributed by atoms with Gasteiger partial charge in [-0.25, -0.2) is 4.79 Å². The summed E-state index contributed by atoms with van der Waals surface area (Å²) >= 11 is 0. The van der Waals surface area contributed by atoms with E-state index in [0.717, 1.165) is 5.56 Å². The van der Waals surface area contributed by atoms with E-state index < -0.39 is 11.5 Å². The van der Waals surface area contributed by atoms with Crippen LogP contribution >= 0.6 is 0 Å². The number of rotatable bonds is 6. The zero-order chi connectivity index (χ0) is 19.3. The Bertz CT molecular complexity index is 677. The van der Waals surface area contributed by atoms with Gasteiger partial charge in [-0.05, 0) is 24.8 Å². The van der Waals surface area contributed by atoms with Crippen LogP contribution in [-0.2, 0) is 25.5 Å². The Morgan fingerprint density at radius 3 is 2.48 bits per heavy atom. The van der Waals surface area contributed by atoms with Gasteiger partial charge in [0.25, 0.3) is 0 Å². The summed E-state index contributed by atoms with van der Waals surface area (Å²) < 4.78 is 5.17. The molecular formula is C20H26N2O5. The molecule has 0 spiro atoms. The second kappa shape index (κ2) is 8.52. The Balaban J connectivity index is 1.46. The quantitative estimate of drug-likeness (QED) is 0.780. The monoisotopic (exact) mass is 374 g/mol. The van der Waals surface area contributed by atoms with E-state index in [-0.39, 0.29) is 30.8 Å². The maximum absolute atomic E-state index is 12.5. The largest absolute Gasteiger partial charge is 0.479 e. The Kier molecular flexibility index (Phi) is 6.11. The molecule has 1 atom stereocenters. The molecular weight excluding hydrogens is 348 g/mol. The molecule has 2 N–H and O–H groups in total. The van der Waals surface area contributed by atoms with Crippen molar-refractivity contribution in [2.24, 2.45) is 5.92 Å².